The second-order valence-corrected chi connectivity index (χ2v) is 5.46. The number of aromatic nitrogens is 2. The van der Waals surface area contributed by atoms with Crippen LogP contribution in [0.15, 0.2) is 36.7 Å². The zero-order chi connectivity index (χ0) is 18.2. The molecule has 2 aromatic rings. The van der Waals surface area contributed by atoms with Crippen LogP contribution < -0.4 is 10.6 Å². The Hall–Kier alpha value is -2.96. The van der Waals surface area contributed by atoms with Crippen molar-refractivity contribution in [1.29, 1.82) is 0 Å². The minimum Gasteiger partial charge on any atom is -0.462 e. The first-order valence-electron chi connectivity index (χ1n) is 8.21. The minimum absolute atomic E-state index is 0.208. The normalized spacial score (nSPS) is 11.5. The van der Waals surface area contributed by atoms with Crippen molar-refractivity contribution in [3.8, 4) is 0 Å². The zero-order valence-corrected chi connectivity index (χ0v) is 14.6. The third kappa shape index (κ3) is 5.00. The highest BCUT2D eigenvalue weighted by molar-refractivity contribution is 6.07. The van der Waals surface area contributed by atoms with Crippen LogP contribution in [0.3, 0.4) is 0 Å². The molecule has 2 rings (SSSR count). The van der Waals surface area contributed by atoms with Gasteiger partial charge in [-0.05, 0) is 32.4 Å². The second-order valence-electron chi connectivity index (χ2n) is 5.46. The lowest BCUT2D eigenvalue weighted by Crippen LogP contribution is -2.19. The van der Waals surface area contributed by atoms with E-state index in [2.05, 4.69) is 27.5 Å². The topological polar surface area (TPSA) is 93.2 Å². The van der Waals surface area contributed by atoms with E-state index < -0.39 is 11.9 Å². The van der Waals surface area contributed by atoms with E-state index in [9.17, 15) is 9.59 Å². The van der Waals surface area contributed by atoms with Crippen molar-refractivity contribution in [2.45, 2.75) is 33.2 Å². The molecule has 25 heavy (non-hydrogen) atoms. The molecule has 7 nitrogen and oxygen atoms in total. The van der Waals surface area contributed by atoms with Crippen LogP contribution in [0.1, 0.15) is 48.0 Å². The molecule has 1 heterocycles. The summed E-state index contributed by atoms with van der Waals surface area (Å²) in [5, 5.41) is 5.89. The number of ether oxygens (including phenoxy) is 1. The van der Waals surface area contributed by atoms with Gasteiger partial charge in [0.15, 0.2) is 0 Å². The van der Waals surface area contributed by atoms with Gasteiger partial charge in [-0.3, -0.25) is 4.79 Å². The van der Waals surface area contributed by atoms with E-state index in [-0.39, 0.29) is 18.3 Å². The molecule has 1 amide bonds. The third-order valence-corrected chi connectivity index (χ3v) is 3.58. The molecule has 0 fully saturated rings. The van der Waals surface area contributed by atoms with Gasteiger partial charge >= 0.3 is 5.97 Å². The summed E-state index contributed by atoms with van der Waals surface area (Å²) in [7, 11) is 0. The van der Waals surface area contributed by atoms with E-state index in [0.29, 0.717) is 17.1 Å². The summed E-state index contributed by atoms with van der Waals surface area (Å²) in [5.74, 6) is -0.334. The van der Waals surface area contributed by atoms with Crippen molar-refractivity contribution in [3.63, 3.8) is 0 Å². The van der Waals surface area contributed by atoms with Crippen LogP contribution in [0.5, 0.6) is 0 Å². The van der Waals surface area contributed by atoms with Crippen molar-refractivity contribution in [2.75, 3.05) is 17.2 Å². The highest BCUT2D eigenvalue weighted by atomic mass is 16.5. The smallest absolute Gasteiger partial charge is 0.340 e. The number of para-hydroxylation sites is 1. The van der Waals surface area contributed by atoms with E-state index in [0.717, 1.165) is 6.42 Å². The van der Waals surface area contributed by atoms with Gasteiger partial charge in [-0.1, -0.05) is 19.1 Å². The van der Waals surface area contributed by atoms with Crippen LogP contribution in [0.2, 0.25) is 0 Å². The molecule has 1 atom stereocenters. The van der Waals surface area contributed by atoms with Gasteiger partial charge < -0.3 is 15.4 Å². The summed E-state index contributed by atoms with van der Waals surface area (Å²) < 4.78 is 5.01. The number of nitrogens with zero attached hydrogens (tertiary/aromatic N) is 2. The first-order valence-corrected chi connectivity index (χ1v) is 8.21. The van der Waals surface area contributed by atoms with E-state index >= 15 is 0 Å². The van der Waals surface area contributed by atoms with Gasteiger partial charge in [0.25, 0.3) is 5.91 Å². The fourth-order valence-corrected chi connectivity index (χ4v) is 2.08. The van der Waals surface area contributed by atoms with Crippen LogP contribution in [0.25, 0.3) is 0 Å². The average molecular weight is 342 g/mol. The maximum atomic E-state index is 12.5. The van der Waals surface area contributed by atoms with Crippen molar-refractivity contribution >= 4 is 23.4 Å². The Morgan fingerprint density at radius 2 is 1.96 bits per heavy atom. The Kier molecular flexibility index (Phi) is 6.45. The molecular weight excluding hydrogens is 320 g/mol. The van der Waals surface area contributed by atoms with Crippen LogP contribution in [0.4, 0.5) is 11.5 Å². The Morgan fingerprint density at radius 1 is 1.20 bits per heavy atom. The number of amides is 1. The van der Waals surface area contributed by atoms with Crippen LogP contribution in [0, 0.1) is 0 Å². The number of hydrogen-bond donors (Lipinski definition) is 2. The van der Waals surface area contributed by atoms with Gasteiger partial charge in [-0.2, -0.15) is 0 Å². The summed E-state index contributed by atoms with van der Waals surface area (Å²) in [4.78, 5) is 32.6. The summed E-state index contributed by atoms with van der Waals surface area (Å²) in [6.07, 6.45) is 2.26. The molecule has 7 heteroatoms. The Bertz CT molecular complexity index is 749. The highest BCUT2D eigenvalue weighted by Crippen LogP contribution is 2.17. The standard InChI is InChI=1S/C18H22N4O3/c1-4-12(3)21-16-10-15(19-11-20-16)17(23)22-14-9-7-6-8-13(14)18(24)25-5-2/h6-12H,4-5H2,1-3H3,(H,22,23)(H,19,20,21). The predicted octanol–water partition coefficient (Wildman–Crippen LogP) is 3.12. The fourth-order valence-electron chi connectivity index (χ4n) is 2.08. The van der Waals surface area contributed by atoms with Gasteiger partial charge in [0.1, 0.15) is 17.8 Å². The molecule has 1 aromatic carbocycles. The number of esters is 1. The molecule has 0 saturated heterocycles. The maximum Gasteiger partial charge on any atom is 0.340 e. The predicted molar refractivity (Wildman–Crippen MR) is 95.8 cm³/mol. The molecular formula is C18H22N4O3. The monoisotopic (exact) mass is 342 g/mol. The second kappa shape index (κ2) is 8.77. The molecule has 1 unspecified atom stereocenters. The lowest BCUT2D eigenvalue weighted by molar-refractivity contribution is 0.0527. The maximum absolute atomic E-state index is 12.5. The quantitative estimate of drug-likeness (QED) is 0.751. The number of anilines is 2. The molecule has 132 valence electrons. The summed E-state index contributed by atoms with van der Waals surface area (Å²) in [5.41, 5.74) is 0.880. The fraction of sp³-hybridized carbons (Fsp3) is 0.333. The molecule has 0 saturated carbocycles. The molecule has 0 spiro atoms. The molecule has 0 aliphatic carbocycles. The number of carbonyl (C=O) groups is 2. The minimum atomic E-state index is -0.486. The van der Waals surface area contributed by atoms with Crippen molar-refractivity contribution < 1.29 is 14.3 Å². The van der Waals surface area contributed by atoms with Gasteiger partial charge in [0, 0.05) is 12.1 Å². The lowest BCUT2D eigenvalue weighted by Gasteiger charge is -2.13. The molecule has 0 radical (unpaired) electrons. The number of nitrogens with one attached hydrogen (secondary N) is 2. The number of carbonyl (C=O) groups excluding carboxylic acids is 2. The van der Waals surface area contributed by atoms with E-state index in [4.69, 9.17) is 4.74 Å². The number of benzene rings is 1. The van der Waals surface area contributed by atoms with Crippen LogP contribution >= 0.6 is 0 Å². The first-order chi connectivity index (χ1) is 12.0. The molecule has 0 bridgehead atoms. The molecule has 0 aliphatic rings. The Balaban J connectivity index is 2.18. The van der Waals surface area contributed by atoms with Crippen LogP contribution in [-0.2, 0) is 4.74 Å². The zero-order valence-electron chi connectivity index (χ0n) is 14.6. The molecule has 2 N–H and O–H groups in total. The highest BCUT2D eigenvalue weighted by Gasteiger charge is 2.16. The van der Waals surface area contributed by atoms with E-state index in [1.165, 1.54) is 6.33 Å². The summed E-state index contributed by atoms with van der Waals surface area (Å²) in [6.45, 7) is 6.07. The van der Waals surface area contributed by atoms with Gasteiger partial charge in [-0.15, -0.1) is 0 Å². The SMILES string of the molecule is CCOC(=O)c1ccccc1NC(=O)c1cc(NC(C)CC)ncn1. The largest absolute Gasteiger partial charge is 0.462 e. The third-order valence-electron chi connectivity index (χ3n) is 3.58. The van der Waals surface area contributed by atoms with Gasteiger partial charge in [0.2, 0.25) is 0 Å². The lowest BCUT2D eigenvalue weighted by atomic mass is 10.1. The number of hydrogen-bond acceptors (Lipinski definition) is 6. The first kappa shape index (κ1) is 18.4. The Morgan fingerprint density at radius 3 is 2.68 bits per heavy atom. The van der Waals surface area contributed by atoms with Crippen molar-refractivity contribution in [2.24, 2.45) is 0 Å². The van der Waals surface area contributed by atoms with E-state index in [1.54, 1.807) is 37.3 Å². The molecule has 1 aromatic heterocycles. The summed E-state index contributed by atoms with van der Waals surface area (Å²) in [6, 6.07) is 8.49. The summed E-state index contributed by atoms with van der Waals surface area (Å²) >= 11 is 0. The Labute approximate surface area is 146 Å². The van der Waals surface area contributed by atoms with Gasteiger partial charge in [0.05, 0.1) is 17.9 Å². The number of rotatable bonds is 7. The molecule has 0 aliphatic heterocycles. The van der Waals surface area contributed by atoms with Crippen LogP contribution in [-0.4, -0.2) is 34.5 Å². The average Bonchev–Trinajstić information content (AvgIpc) is 2.62. The van der Waals surface area contributed by atoms with Crippen molar-refractivity contribution in [3.05, 3.63) is 47.9 Å². The van der Waals surface area contributed by atoms with E-state index in [1.807, 2.05) is 6.92 Å². The van der Waals surface area contributed by atoms with Gasteiger partial charge in [-0.25, -0.2) is 14.8 Å². The van der Waals surface area contributed by atoms with Crippen molar-refractivity contribution in [1.82, 2.24) is 9.97 Å².